The standard InChI is InChI=1S/C19H19N3O2S/c23-19(21-13-16-11-14-3-1-2-4-17(14)25-16)15-5-6-18(20-12-15)22-7-9-24-10-8-22/h1-6,11-12H,7-10,13H2,(H,21,23). The molecule has 0 aliphatic carbocycles. The molecule has 1 aromatic carbocycles. The number of pyridine rings is 1. The number of benzene rings is 1. The molecular formula is C19H19N3O2S. The lowest BCUT2D eigenvalue weighted by molar-refractivity contribution is 0.0951. The van der Waals surface area contributed by atoms with E-state index >= 15 is 0 Å². The van der Waals surface area contributed by atoms with Crippen molar-refractivity contribution in [2.75, 3.05) is 31.2 Å². The van der Waals surface area contributed by atoms with Crippen LogP contribution in [0.5, 0.6) is 0 Å². The number of carbonyl (C=O) groups is 1. The Morgan fingerprint density at radius 3 is 2.80 bits per heavy atom. The van der Waals surface area contributed by atoms with E-state index in [-0.39, 0.29) is 5.91 Å². The number of nitrogens with zero attached hydrogens (tertiary/aromatic N) is 2. The number of rotatable bonds is 4. The number of amides is 1. The van der Waals surface area contributed by atoms with Gasteiger partial charge in [0.05, 0.1) is 25.3 Å². The zero-order valence-electron chi connectivity index (χ0n) is 13.8. The summed E-state index contributed by atoms with van der Waals surface area (Å²) in [5.41, 5.74) is 0.582. The zero-order chi connectivity index (χ0) is 17.1. The van der Waals surface area contributed by atoms with E-state index in [0.717, 1.165) is 37.0 Å². The van der Waals surface area contributed by atoms with Crippen molar-refractivity contribution < 1.29 is 9.53 Å². The maximum absolute atomic E-state index is 12.3. The number of anilines is 1. The smallest absolute Gasteiger partial charge is 0.253 e. The molecule has 1 N–H and O–H groups in total. The van der Waals surface area contributed by atoms with Crippen LogP contribution >= 0.6 is 11.3 Å². The molecule has 0 atom stereocenters. The predicted molar refractivity (Wildman–Crippen MR) is 100 cm³/mol. The van der Waals surface area contributed by atoms with E-state index in [2.05, 4.69) is 33.4 Å². The third-order valence-electron chi connectivity index (χ3n) is 4.24. The number of thiophene rings is 1. The minimum Gasteiger partial charge on any atom is -0.378 e. The first-order valence-electron chi connectivity index (χ1n) is 8.34. The fraction of sp³-hybridized carbons (Fsp3) is 0.263. The van der Waals surface area contributed by atoms with Gasteiger partial charge in [-0.25, -0.2) is 4.98 Å². The highest BCUT2D eigenvalue weighted by molar-refractivity contribution is 7.19. The fourth-order valence-electron chi connectivity index (χ4n) is 2.89. The van der Waals surface area contributed by atoms with Crippen LogP contribution in [-0.2, 0) is 11.3 Å². The molecule has 2 aromatic heterocycles. The number of hydrogen-bond acceptors (Lipinski definition) is 5. The minimum atomic E-state index is -0.0986. The van der Waals surface area contributed by atoms with Crippen molar-refractivity contribution in [3.8, 4) is 0 Å². The van der Waals surface area contributed by atoms with Gasteiger partial charge in [0.2, 0.25) is 0 Å². The number of morpholine rings is 1. The molecule has 1 aliphatic rings. The van der Waals surface area contributed by atoms with Gasteiger partial charge < -0.3 is 15.0 Å². The topological polar surface area (TPSA) is 54.5 Å². The van der Waals surface area contributed by atoms with Crippen molar-refractivity contribution in [2.45, 2.75) is 6.54 Å². The summed E-state index contributed by atoms with van der Waals surface area (Å²) in [7, 11) is 0. The summed E-state index contributed by atoms with van der Waals surface area (Å²) in [5, 5.41) is 4.19. The lowest BCUT2D eigenvalue weighted by Crippen LogP contribution is -2.36. The number of ether oxygens (including phenoxy) is 1. The van der Waals surface area contributed by atoms with Gasteiger partial charge in [0.25, 0.3) is 5.91 Å². The van der Waals surface area contributed by atoms with Crippen LogP contribution in [0.2, 0.25) is 0 Å². The van der Waals surface area contributed by atoms with Crippen molar-refractivity contribution in [1.29, 1.82) is 0 Å². The molecule has 1 aliphatic heterocycles. The van der Waals surface area contributed by atoms with Crippen molar-refractivity contribution in [3.05, 3.63) is 59.1 Å². The molecule has 25 heavy (non-hydrogen) atoms. The largest absolute Gasteiger partial charge is 0.378 e. The van der Waals surface area contributed by atoms with Crippen LogP contribution in [0, 0.1) is 0 Å². The van der Waals surface area contributed by atoms with Gasteiger partial charge in [0, 0.05) is 28.9 Å². The Bertz CT molecular complexity index is 837. The molecule has 1 saturated heterocycles. The highest BCUT2D eigenvalue weighted by Gasteiger charge is 2.13. The summed E-state index contributed by atoms with van der Waals surface area (Å²) in [6, 6.07) is 14.1. The van der Waals surface area contributed by atoms with E-state index in [1.165, 1.54) is 10.1 Å². The third-order valence-corrected chi connectivity index (χ3v) is 5.36. The molecule has 128 valence electrons. The second-order valence-corrected chi connectivity index (χ2v) is 7.11. The molecule has 4 rings (SSSR count). The summed E-state index contributed by atoms with van der Waals surface area (Å²) in [5.74, 6) is 0.794. The minimum absolute atomic E-state index is 0.0986. The number of hydrogen-bond donors (Lipinski definition) is 1. The third kappa shape index (κ3) is 3.65. The first-order valence-corrected chi connectivity index (χ1v) is 9.16. The Balaban J connectivity index is 1.38. The monoisotopic (exact) mass is 353 g/mol. The van der Waals surface area contributed by atoms with Gasteiger partial charge >= 0.3 is 0 Å². The fourth-order valence-corrected chi connectivity index (χ4v) is 3.90. The SMILES string of the molecule is O=C(NCc1cc2ccccc2s1)c1ccc(N2CCOCC2)nc1. The molecule has 1 amide bonds. The lowest BCUT2D eigenvalue weighted by Gasteiger charge is -2.27. The highest BCUT2D eigenvalue weighted by atomic mass is 32.1. The molecule has 0 saturated carbocycles. The van der Waals surface area contributed by atoms with Gasteiger partial charge in [-0.2, -0.15) is 0 Å². The van der Waals surface area contributed by atoms with Crippen LogP contribution in [0.25, 0.3) is 10.1 Å². The summed E-state index contributed by atoms with van der Waals surface area (Å²) in [6.07, 6.45) is 1.64. The summed E-state index contributed by atoms with van der Waals surface area (Å²) >= 11 is 1.71. The first-order chi connectivity index (χ1) is 12.3. The van der Waals surface area contributed by atoms with Gasteiger partial charge in [0.1, 0.15) is 5.82 Å². The van der Waals surface area contributed by atoms with Crippen molar-refractivity contribution in [1.82, 2.24) is 10.3 Å². The highest BCUT2D eigenvalue weighted by Crippen LogP contribution is 2.25. The molecule has 0 radical (unpaired) electrons. The summed E-state index contributed by atoms with van der Waals surface area (Å²) < 4.78 is 6.59. The van der Waals surface area contributed by atoms with Crippen molar-refractivity contribution in [3.63, 3.8) is 0 Å². The van der Waals surface area contributed by atoms with E-state index in [4.69, 9.17) is 4.74 Å². The Labute approximate surface area is 150 Å². The molecule has 0 bridgehead atoms. The molecule has 5 nitrogen and oxygen atoms in total. The van der Waals surface area contributed by atoms with Crippen LogP contribution in [0.1, 0.15) is 15.2 Å². The average molecular weight is 353 g/mol. The number of aromatic nitrogens is 1. The van der Waals surface area contributed by atoms with Crippen molar-refractivity contribution in [2.24, 2.45) is 0 Å². The van der Waals surface area contributed by atoms with E-state index in [0.29, 0.717) is 12.1 Å². The van der Waals surface area contributed by atoms with Gasteiger partial charge in [-0.3, -0.25) is 4.79 Å². The molecule has 0 spiro atoms. The van der Waals surface area contributed by atoms with Crippen LogP contribution < -0.4 is 10.2 Å². The van der Waals surface area contributed by atoms with Crippen molar-refractivity contribution >= 4 is 33.1 Å². The lowest BCUT2D eigenvalue weighted by atomic mass is 10.2. The van der Waals surface area contributed by atoms with E-state index < -0.39 is 0 Å². The second-order valence-electron chi connectivity index (χ2n) is 5.94. The second kappa shape index (κ2) is 7.21. The van der Waals surface area contributed by atoms with Gasteiger partial charge in [-0.1, -0.05) is 18.2 Å². The first kappa shape index (κ1) is 16.1. The predicted octanol–water partition coefficient (Wildman–Crippen LogP) is 3.06. The summed E-state index contributed by atoms with van der Waals surface area (Å²) in [4.78, 5) is 20.1. The molecule has 1 fully saturated rings. The number of nitrogens with one attached hydrogen (secondary N) is 1. The maximum atomic E-state index is 12.3. The Morgan fingerprint density at radius 2 is 2.04 bits per heavy atom. The Kier molecular flexibility index (Phi) is 4.63. The molecule has 3 aromatic rings. The van der Waals surface area contributed by atoms with Crippen LogP contribution in [-0.4, -0.2) is 37.2 Å². The van der Waals surface area contributed by atoms with Crippen LogP contribution in [0.15, 0.2) is 48.7 Å². The Hall–Kier alpha value is -2.44. The average Bonchev–Trinajstić information content (AvgIpc) is 3.10. The molecular weight excluding hydrogens is 334 g/mol. The number of fused-ring (bicyclic) bond motifs is 1. The van der Waals surface area contributed by atoms with Gasteiger partial charge in [0.15, 0.2) is 0 Å². The molecule has 6 heteroatoms. The van der Waals surface area contributed by atoms with Crippen LogP contribution in [0.4, 0.5) is 5.82 Å². The Morgan fingerprint density at radius 1 is 1.20 bits per heavy atom. The van der Waals surface area contributed by atoms with E-state index in [1.54, 1.807) is 17.5 Å². The van der Waals surface area contributed by atoms with Gasteiger partial charge in [-0.05, 0) is 29.7 Å². The summed E-state index contributed by atoms with van der Waals surface area (Å²) in [6.45, 7) is 3.65. The zero-order valence-corrected chi connectivity index (χ0v) is 14.6. The van der Waals surface area contributed by atoms with Gasteiger partial charge in [-0.15, -0.1) is 11.3 Å². The van der Waals surface area contributed by atoms with E-state index in [1.807, 2.05) is 24.3 Å². The van der Waals surface area contributed by atoms with E-state index in [9.17, 15) is 4.79 Å². The van der Waals surface area contributed by atoms with Crippen LogP contribution in [0.3, 0.4) is 0 Å². The normalized spacial score (nSPS) is 14.6. The maximum Gasteiger partial charge on any atom is 0.253 e. The molecule has 0 unspecified atom stereocenters. The number of carbonyl (C=O) groups excluding carboxylic acids is 1. The molecule has 3 heterocycles. The quantitative estimate of drug-likeness (QED) is 0.783.